The van der Waals surface area contributed by atoms with Crippen molar-refractivity contribution in [3.63, 3.8) is 0 Å². The number of hydrogen-bond acceptors (Lipinski definition) is 17. The van der Waals surface area contributed by atoms with Crippen LogP contribution in [0.2, 0.25) is 0 Å². The molecule has 0 bridgehead atoms. The molecule has 3 saturated heterocycles. The summed E-state index contributed by atoms with van der Waals surface area (Å²) >= 11 is 5.40. The van der Waals surface area contributed by atoms with Crippen LogP contribution in [-0.4, -0.2) is 140 Å². The molecule has 0 radical (unpaired) electrons. The number of aliphatic hydroxyl groups excluding tert-OH is 1. The summed E-state index contributed by atoms with van der Waals surface area (Å²) in [6.07, 6.45) is 11.4. The van der Waals surface area contributed by atoms with Gasteiger partial charge in [0.2, 0.25) is 0 Å². The van der Waals surface area contributed by atoms with Gasteiger partial charge in [-0.1, -0.05) is 58.5 Å². The molecule has 15 rings (SSSR count). The molecular weight excluding hydrogens is 1260 g/mol. The smallest absolute Gasteiger partial charge is 0.276 e. The Balaban J connectivity index is 0.000000148. The van der Waals surface area contributed by atoms with E-state index in [-0.39, 0.29) is 59.3 Å². The van der Waals surface area contributed by atoms with Gasteiger partial charge in [-0.15, -0.1) is 11.6 Å². The van der Waals surface area contributed by atoms with E-state index in [1.54, 1.807) is 68.7 Å². The van der Waals surface area contributed by atoms with Crippen molar-refractivity contribution < 1.29 is 18.3 Å². The van der Waals surface area contributed by atoms with Gasteiger partial charge >= 0.3 is 0 Å². The molecule has 0 saturated carbocycles. The first-order chi connectivity index (χ1) is 46.5. The summed E-state index contributed by atoms with van der Waals surface area (Å²) in [4.78, 5) is 80.9. The van der Waals surface area contributed by atoms with Gasteiger partial charge in [0, 0.05) is 106 Å². The Kier molecular flexibility index (Phi) is 22.5. The van der Waals surface area contributed by atoms with Crippen molar-refractivity contribution in [2.24, 2.45) is 17.8 Å². The predicted octanol–water partition coefficient (Wildman–Crippen LogP) is 9.64. The number of nitrogens with one attached hydrogen (secondary N) is 4. The number of hydrogen-bond donors (Lipinski definition) is 5. The molecule has 97 heavy (non-hydrogen) atoms. The number of aliphatic hydroxyl groups is 1. The molecule has 3 aliphatic heterocycles. The van der Waals surface area contributed by atoms with Crippen LogP contribution in [0, 0.1) is 56.0 Å². The first-order valence-electron chi connectivity index (χ1n) is 31.4. The highest BCUT2D eigenvalue weighted by Gasteiger charge is 2.35. The summed E-state index contributed by atoms with van der Waals surface area (Å²) < 4.78 is 45.2. The molecule has 4 aromatic carbocycles. The van der Waals surface area contributed by atoms with E-state index in [0.717, 1.165) is 92.1 Å². The van der Waals surface area contributed by atoms with Crippen LogP contribution in [-0.2, 0) is 19.0 Å². The lowest BCUT2D eigenvalue weighted by atomic mass is 9.97. The van der Waals surface area contributed by atoms with Crippen molar-refractivity contribution in [1.29, 1.82) is 0 Å². The molecule has 3 fully saturated rings. The Morgan fingerprint density at radius 3 is 1.22 bits per heavy atom. The van der Waals surface area contributed by atoms with Crippen LogP contribution in [0.5, 0.6) is 0 Å². The van der Waals surface area contributed by atoms with Crippen molar-refractivity contribution in [3.8, 4) is 34.2 Å². The number of halogens is 4. The average molecular weight is 1340 g/mol. The molecular formula is C70H77ClF3N19O4. The number of likely N-dealkylation sites (tertiary alicyclic amines) is 2. The lowest BCUT2D eigenvalue weighted by molar-refractivity contribution is 0.310. The Hall–Kier alpha value is -9.99. The van der Waals surface area contributed by atoms with Crippen LogP contribution in [0.15, 0.2) is 155 Å². The molecule has 3 aliphatic rings. The van der Waals surface area contributed by atoms with E-state index in [2.05, 4.69) is 115 Å². The summed E-state index contributed by atoms with van der Waals surface area (Å²) in [7, 11) is 1.00. The summed E-state index contributed by atoms with van der Waals surface area (Å²) in [5.41, 5.74) is 6.25. The van der Waals surface area contributed by atoms with Crippen LogP contribution < -0.4 is 22.0 Å². The number of rotatable bonds is 11. The molecule has 8 aromatic heterocycles. The zero-order valence-electron chi connectivity index (χ0n) is 54.0. The van der Waals surface area contributed by atoms with Crippen molar-refractivity contribution in [1.82, 2.24) is 93.8 Å². The number of alkyl halides is 1. The van der Waals surface area contributed by atoms with Gasteiger partial charge in [-0.3, -0.25) is 24.2 Å². The first kappa shape index (κ1) is 69.8. The van der Waals surface area contributed by atoms with Crippen molar-refractivity contribution in [3.05, 3.63) is 240 Å². The topological polar surface area (TPSA) is 279 Å². The highest BCUT2D eigenvalue weighted by atomic mass is 35.5. The molecule has 6 atom stereocenters. The summed E-state index contributed by atoms with van der Waals surface area (Å²) in [5.74, 6) is 5.88. The third-order valence-corrected chi connectivity index (χ3v) is 17.7. The van der Waals surface area contributed by atoms with Crippen molar-refractivity contribution >= 4 is 28.2 Å². The van der Waals surface area contributed by atoms with Gasteiger partial charge in [0.05, 0.1) is 31.0 Å². The number of imidazole rings is 3. The van der Waals surface area contributed by atoms with Gasteiger partial charge in [0.15, 0.2) is 34.0 Å². The zero-order valence-corrected chi connectivity index (χ0v) is 54.8. The van der Waals surface area contributed by atoms with E-state index in [0.29, 0.717) is 87.5 Å². The van der Waals surface area contributed by atoms with Crippen LogP contribution in [0.3, 0.4) is 0 Å². The number of aryl methyl sites for hydroxylation is 3. The fourth-order valence-electron chi connectivity index (χ4n) is 12.6. The van der Waals surface area contributed by atoms with Gasteiger partial charge in [-0.25, -0.2) is 61.6 Å². The number of nitrogens with zero attached hydrogens (tertiary/aromatic N) is 15. The second-order valence-electron chi connectivity index (χ2n) is 24.3. The minimum atomic E-state index is -0.309. The first-order valence-corrected chi connectivity index (χ1v) is 32.0. The average Bonchev–Trinajstić information content (AvgIpc) is 1.67. The fraction of sp³-hybridized carbons (Fsp3) is 0.329. The normalized spacial score (nSPS) is 18.3. The number of aromatic amines is 3. The molecule has 0 spiro atoms. The highest BCUT2D eigenvalue weighted by molar-refractivity contribution is 6.16. The van der Waals surface area contributed by atoms with E-state index >= 15 is 0 Å². The van der Waals surface area contributed by atoms with E-state index in [1.807, 2.05) is 26.8 Å². The molecule has 5 N–H and O–H groups in total. The maximum absolute atomic E-state index is 13.6. The Bertz CT molecular complexity index is 4640. The minimum absolute atomic E-state index is 0. The van der Waals surface area contributed by atoms with Gasteiger partial charge in [-0.05, 0) is 134 Å². The second kappa shape index (κ2) is 31.3. The number of aromatic nitrogens is 16. The van der Waals surface area contributed by atoms with E-state index in [9.17, 15) is 27.6 Å². The minimum Gasteiger partial charge on any atom is -0.400 e. The van der Waals surface area contributed by atoms with Gasteiger partial charge in [-0.2, -0.15) is 15.3 Å². The third-order valence-electron chi connectivity index (χ3n) is 17.5. The van der Waals surface area contributed by atoms with Crippen LogP contribution in [0.1, 0.15) is 97.3 Å². The predicted molar refractivity (Wildman–Crippen MR) is 365 cm³/mol. The lowest BCUT2D eigenvalue weighted by Crippen LogP contribution is -2.23. The van der Waals surface area contributed by atoms with E-state index in [1.165, 1.54) is 60.6 Å². The van der Waals surface area contributed by atoms with Crippen LogP contribution in [0.25, 0.3) is 50.7 Å². The Morgan fingerprint density at radius 1 is 0.474 bits per heavy atom. The van der Waals surface area contributed by atoms with Gasteiger partial charge in [0.1, 0.15) is 46.6 Å². The molecule has 23 nitrogen and oxygen atoms in total. The third kappa shape index (κ3) is 15.8. The van der Waals surface area contributed by atoms with Crippen molar-refractivity contribution in [2.75, 3.05) is 46.4 Å². The van der Waals surface area contributed by atoms with Crippen molar-refractivity contribution in [2.45, 2.75) is 85.7 Å². The molecule has 12 aromatic rings. The number of fused-ring (bicyclic) bond motifs is 3. The monoisotopic (exact) mass is 1340 g/mol. The summed E-state index contributed by atoms with van der Waals surface area (Å²) in [5, 5.41) is 24.5. The van der Waals surface area contributed by atoms with E-state index < -0.39 is 0 Å². The van der Waals surface area contributed by atoms with Crippen LogP contribution >= 0.6 is 11.6 Å². The fourth-order valence-corrected chi connectivity index (χ4v) is 12.7. The highest BCUT2D eigenvalue weighted by Crippen LogP contribution is 2.34. The summed E-state index contributed by atoms with van der Waals surface area (Å²) in [6, 6.07) is 27.5. The quantitative estimate of drug-likeness (QED) is 0.0753. The SMILES string of the molecule is C.CO.Cc1cc(F)ccc1-c1ncc2c(=O)[nH]c(C3CN(Cc4ccccc4)CC3C)nn12.Cc1cc(F)ccc1-c1ncc2c(=O)[nH]c(C3CN(Cc4ncccn4)CC3C)nn12.Cc1cc(F)ccc1-c1ncc2c(=O)[nH]c(C3CNCC3C)nn12.ClCc1ncccn1. The second-order valence-corrected chi connectivity index (χ2v) is 24.5. The zero-order chi connectivity index (χ0) is 67.7. The Morgan fingerprint density at radius 2 is 0.856 bits per heavy atom. The van der Waals surface area contributed by atoms with Gasteiger partial charge in [0.25, 0.3) is 16.7 Å². The van der Waals surface area contributed by atoms with E-state index in [4.69, 9.17) is 26.9 Å². The van der Waals surface area contributed by atoms with Crippen LogP contribution in [0.4, 0.5) is 13.2 Å². The molecule has 11 heterocycles. The maximum Gasteiger partial charge on any atom is 0.276 e. The molecule has 504 valence electrons. The van der Waals surface area contributed by atoms with Gasteiger partial charge < -0.3 is 25.4 Å². The Labute approximate surface area is 562 Å². The summed E-state index contributed by atoms with van der Waals surface area (Å²) in [6.45, 7) is 18.5. The largest absolute Gasteiger partial charge is 0.400 e. The molecule has 0 amide bonds. The standard InChI is InChI=1S/C24H24FN5O.C22H22FN7O.C17H18FN5O.C5H5ClN2.CH4O.CH4/c1-15-10-18(25)8-9-19(15)23-26-11-21-24(31)27-22(28-30(21)23)20-14-29(12-16(20)2)13-17-6-4-3-5-7-17;1-13-8-15(23)4-5-16(13)21-26-9-18-22(31)27-20(28-30(18)21)17-11-29(10-14(17)2)12-19-24-6-3-7-25-19;1-9-5-11(18)3-4-12(9)16-20-8-14-17(24)21-15(22-23(14)16)13-7-19-6-10(13)2;6-4-5-7-2-1-3-8-5;1-2;/h3-11,16,20H,12-14H2,1-2H3,(H,27,28,31);3-9,14,17H,10-12H2,1-2H3,(H,27,28,31);3-5,8,10,13,19H,6-7H2,1-2H3,(H,21,22,24);1-3H,4H2;2H,1H3;1H4. The number of H-pyrrole nitrogens is 3. The maximum atomic E-state index is 13.6. The number of benzene rings is 4. The molecule has 27 heteroatoms. The lowest BCUT2D eigenvalue weighted by Gasteiger charge is -2.16. The molecule has 6 unspecified atom stereocenters. The molecule has 0 aliphatic carbocycles.